The zero-order chi connectivity index (χ0) is 24.4. The number of likely N-dealkylation sites (tertiary alicyclic amines) is 1. The van der Waals surface area contributed by atoms with E-state index in [4.69, 9.17) is 4.74 Å². The maximum absolute atomic E-state index is 13.8. The van der Waals surface area contributed by atoms with Gasteiger partial charge in [0.1, 0.15) is 17.5 Å². The van der Waals surface area contributed by atoms with Crippen molar-refractivity contribution in [2.75, 3.05) is 33.3 Å². The number of hydrogen-bond acceptors (Lipinski definition) is 7. The Balaban J connectivity index is 1.14. The van der Waals surface area contributed by atoms with E-state index in [1.54, 1.807) is 29.9 Å². The van der Waals surface area contributed by atoms with Gasteiger partial charge in [0.2, 0.25) is 11.8 Å². The van der Waals surface area contributed by atoms with E-state index in [1.165, 1.54) is 12.1 Å². The highest BCUT2D eigenvalue weighted by Gasteiger charge is 2.27. The number of amidine groups is 2. The first-order chi connectivity index (χ1) is 17.0. The summed E-state index contributed by atoms with van der Waals surface area (Å²) in [6.07, 6.45) is 2.88. The Hall–Kier alpha value is -3.37. The van der Waals surface area contributed by atoms with Gasteiger partial charge in [0, 0.05) is 31.6 Å². The number of piperidine rings is 1. The molecule has 0 spiro atoms. The molecule has 0 aliphatic carbocycles. The van der Waals surface area contributed by atoms with E-state index in [0.29, 0.717) is 55.0 Å². The second-order valence-electron chi connectivity index (χ2n) is 9.05. The molecule has 3 aliphatic rings. The average Bonchev–Trinajstić information content (AvgIpc) is 2.86. The Kier molecular flexibility index (Phi) is 6.74. The summed E-state index contributed by atoms with van der Waals surface area (Å²) >= 11 is 0. The number of aromatic nitrogens is 1. The van der Waals surface area contributed by atoms with Crippen molar-refractivity contribution in [3.63, 3.8) is 0 Å². The Morgan fingerprint density at radius 2 is 1.91 bits per heavy atom. The molecule has 0 saturated carbocycles. The quantitative estimate of drug-likeness (QED) is 0.627. The summed E-state index contributed by atoms with van der Waals surface area (Å²) in [6.45, 7) is 3.58. The number of ether oxygens (including phenoxy) is 1. The van der Waals surface area contributed by atoms with E-state index in [0.717, 1.165) is 43.4 Å². The molecule has 2 N–H and O–H groups in total. The van der Waals surface area contributed by atoms with E-state index in [1.807, 2.05) is 0 Å². The van der Waals surface area contributed by atoms with E-state index in [9.17, 15) is 14.0 Å². The van der Waals surface area contributed by atoms with Gasteiger partial charge in [-0.2, -0.15) is 9.98 Å². The lowest BCUT2D eigenvalue weighted by molar-refractivity contribution is -0.117. The summed E-state index contributed by atoms with van der Waals surface area (Å²) in [5.74, 6) is 1.27. The van der Waals surface area contributed by atoms with Crippen LogP contribution in [0.1, 0.15) is 25.7 Å². The second-order valence-corrected chi connectivity index (χ2v) is 9.05. The standard InChI is InChI=1S/C25H29FN6O3/c1-35-25-19-5-6-22(33)30-24(19)28-21(29-25)15-27-18-8-10-31(11-9-18)12-13-32-20-14-17(26)4-2-16(20)3-7-23(32)34/h2-4,7,14,18,27H,5-6,8-13,15H2,1H3,(H,28,29,30,33). The van der Waals surface area contributed by atoms with Crippen LogP contribution in [0.25, 0.3) is 10.9 Å². The summed E-state index contributed by atoms with van der Waals surface area (Å²) in [5.41, 5.74) is 1.36. The van der Waals surface area contributed by atoms with Gasteiger partial charge in [-0.25, -0.2) is 4.39 Å². The third-order valence-electron chi connectivity index (χ3n) is 6.80. The highest BCUT2D eigenvalue weighted by molar-refractivity contribution is 6.16. The molecule has 0 atom stereocenters. The van der Waals surface area contributed by atoms with Crippen molar-refractivity contribution in [3.05, 3.63) is 58.0 Å². The first kappa shape index (κ1) is 23.4. The zero-order valence-electron chi connectivity index (χ0n) is 19.7. The molecule has 3 aliphatic heterocycles. The van der Waals surface area contributed by atoms with Crippen molar-refractivity contribution in [1.29, 1.82) is 0 Å². The monoisotopic (exact) mass is 480 g/mol. The predicted molar refractivity (Wildman–Crippen MR) is 132 cm³/mol. The molecule has 1 aromatic heterocycles. The second kappa shape index (κ2) is 10.1. The molecule has 2 aromatic rings. The number of nitrogens with zero attached hydrogens (tertiary/aromatic N) is 4. The minimum absolute atomic E-state index is 0.114. The first-order valence-electron chi connectivity index (χ1n) is 12.0. The van der Waals surface area contributed by atoms with Crippen LogP contribution in [0.4, 0.5) is 4.39 Å². The molecule has 1 fully saturated rings. The molecule has 10 heteroatoms. The van der Waals surface area contributed by atoms with E-state index in [-0.39, 0.29) is 17.3 Å². The Morgan fingerprint density at radius 1 is 1.11 bits per heavy atom. The summed E-state index contributed by atoms with van der Waals surface area (Å²) in [7, 11) is 1.58. The lowest BCUT2D eigenvalue weighted by Crippen LogP contribution is -2.48. The summed E-state index contributed by atoms with van der Waals surface area (Å²) in [6, 6.07) is 8.15. The van der Waals surface area contributed by atoms with E-state index < -0.39 is 0 Å². The first-order valence-corrected chi connectivity index (χ1v) is 12.0. The van der Waals surface area contributed by atoms with Crippen LogP contribution in [0.3, 0.4) is 0 Å². The van der Waals surface area contributed by atoms with Crippen molar-refractivity contribution in [2.45, 2.75) is 38.3 Å². The number of carbonyl (C=O) groups excluding carboxylic acids is 1. The third-order valence-corrected chi connectivity index (χ3v) is 6.80. The molecule has 1 amide bonds. The number of amides is 1. The molecule has 1 aromatic carbocycles. The molecule has 0 bridgehead atoms. The summed E-state index contributed by atoms with van der Waals surface area (Å²) in [5, 5.41) is 7.57. The number of nitrogens with one attached hydrogen (secondary N) is 2. The smallest absolute Gasteiger partial charge is 0.251 e. The topological polar surface area (TPSA) is 100 Å². The van der Waals surface area contributed by atoms with Crippen LogP contribution >= 0.6 is 0 Å². The van der Waals surface area contributed by atoms with Crippen LogP contribution < -0.4 is 16.2 Å². The van der Waals surface area contributed by atoms with Crippen LogP contribution in [0.2, 0.25) is 0 Å². The Morgan fingerprint density at radius 3 is 2.71 bits per heavy atom. The lowest BCUT2D eigenvalue weighted by Gasteiger charge is -2.33. The van der Waals surface area contributed by atoms with Crippen molar-refractivity contribution < 1.29 is 13.9 Å². The predicted octanol–water partition coefficient (Wildman–Crippen LogP) is 1.77. The highest BCUT2D eigenvalue weighted by atomic mass is 19.1. The molecule has 5 rings (SSSR count). The molecule has 0 unspecified atom stereocenters. The number of carbonyl (C=O) groups is 1. The Bertz CT molecular complexity index is 1290. The molecule has 1 saturated heterocycles. The van der Waals surface area contributed by atoms with Crippen molar-refractivity contribution in [3.8, 4) is 0 Å². The van der Waals surface area contributed by atoms with E-state index in [2.05, 4.69) is 25.5 Å². The van der Waals surface area contributed by atoms with Gasteiger partial charge in [0.25, 0.3) is 5.56 Å². The number of pyridine rings is 1. The molecule has 4 heterocycles. The van der Waals surface area contributed by atoms with Crippen LogP contribution in [-0.2, 0) is 16.1 Å². The van der Waals surface area contributed by atoms with Gasteiger partial charge in [-0.3, -0.25) is 9.59 Å². The molecule has 184 valence electrons. The molecule has 0 radical (unpaired) electrons. The fraction of sp³-hybridized carbons (Fsp3) is 0.440. The summed E-state index contributed by atoms with van der Waals surface area (Å²) in [4.78, 5) is 35.1. The maximum atomic E-state index is 13.8. The minimum Gasteiger partial charge on any atom is -0.481 e. The molecule has 35 heavy (non-hydrogen) atoms. The van der Waals surface area contributed by atoms with Crippen LogP contribution in [0, 0.1) is 5.82 Å². The van der Waals surface area contributed by atoms with Crippen molar-refractivity contribution >= 4 is 28.5 Å². The number of hydrogen-bond donors (Lipinski definition) is 2. The van der Waals surface area contributed by atoms with Gasteiger partial charge in [-0.05, 0) is 62.0 Å². The highest BCUT2D eigenvalue weighted by Crippen LogP contribution is 2.22. The van der Waals surface area contributed by atoms with Crippen molar-refractivity contribution in [2.24, 2.45) is 9.98 Å². The number of halogens is 1. The average molecular weight is 481 g/mol. The van der Waals surface area contributed by atoms with Gasteiger partial charge in [-0.15, -0.1) is 0 Å². The fourth-order valence-electron chi connectivity index (χ4n) is 4.85. The number of benzene rings is 1. The largest absolute Gasteiger partial charge is 0.481 e. The SMILES string of the molecule is COC1=C2CCC(=O)N=C2NC(CNC2CCN(CCn3c(=O)ccc4ccc(F)cc43)CC2)=N1. The van der Waals surface area contributed by atoms with Crippen molar-refractivity contribution in [1.82, 2.24) is 20.1 Å². The zero-order valence-corrected chi connectivity index (χ0v) is 19.7. The van der Waals surface area contributed by atoms with Crippen LogP contribution in [0.5, 0.6) is 0 Å². The van der Waals surface area contributed by atoms with Gasteiger partial charge in [0.15, 0.2) is 0 Å². The molecule has 9 nitrogen and oxygen atoms in total. The number of methoxy groups -OCH3 is 1. The Labute approximate surface area is 202 Å². The number of aliphatic imine (C=N–C) groups is 2. The van der Waals surface area contributed by atoms with Crippen LogP contribution in [-0.4, -0.2) is 66.4 Å². The molecular weight excluding hydrogens is 451 g/mol. The van der Waals surface area contributed by atoms with E-state index >= 15 is 0 Å². The normalized spacial score (nSPS) is 19.3. The molecular formula is C25H29FN6O3. The summed E-state index contributed by atoms with van der Waals surface area (Å²) < 4.78 is 20.8. The fourth-order valence-corrected chi connectivity index (χ4v) is 4.85. The minimum atomic E-state index is -0.340. The van der Waals surface area contributed by atoms with Gasteiger partial charge in [-0.1, -0.05) is 0 Å². The van der Waals surface area contributed by atoms with Gasteiger partial charge < -0.3 is 24.8 Å². The third kappa shape index (κ3) is 5.18. The van der Waals surface area contributed by atoms with Gasteiger partial charge in [0.05, 0.1) is 24.7 Å². The van der Waals surface area contributed by atoms with Crippen LogP contribution in [0.15, 0.2) is 56.6 Å². The number of fused-ring (bicyclic) bond motifs is 2. The lowest BCUT2D eigenvalue weighted by atomic mass is 10.0. The maximum Gasteiger partial charge on any atom is 0.251 e. The van der Waals surface area contributed by atoms with Gasteiger partial charge >= 0.3 is 0 Å². The number of rotatable bonds is 7.